The Morgan fingerprint density at radius 1 is 0.479 bits per heavy atom. The van der Waals surface area contributed by atoms with Crippen LogP contribution in [-0.2, 0) is 49.6 Å². The van der Waals surface area contributed by atoms with Gasteiger partial charge in [0.15, 0.2) is 0 Å². The van der Waals surface area contributed by atoms with Crippen LogP contribution in [0.4, 0.5) is 4.79 Å². The molecular formula is C57H66N2O14. The minimum absolute atomic E-state index is 0. The molecule has 0 aliphatic rings. The average molecular weight is 1000 g/mol. The zero-order chi connectivity index (χ0) is 51.3. The Balaban J connectivity index is 0.000000375. The Bertz CT molecular complexity index is 2660. The lowest BCUT2D eigenvalue weighted by Gasteiger charge is -2.15. The summed E-state index contributed by atoms with van der Waals surface area (Å²) < 4.78 is 37.9. The summed E-state index contributed by atoms with van der Waals surface area (Å²) in [6, 6.07) is 38.5. The summed E-state index contributed by atoms with van der Waals surface area (Å²) in [6.45, 7) is 2.17. The van der Waals surface area contributed by atoms with Crippen LogP contribution in [0.2, 0.25) is 0 Å². The molecule has 0 heterocycles. The molecule has 0 aromatic heterocycles. The van der Waals surface area contributed by atoms with Gasteiger partial charge in [0.2, 0.25) is 5.91 Å². The molecule has 5 N–H and O–H groups in total. The van der Waals surface area contributed by atoms with Crippen LogP contribution in [0, 0.1) is 0 Å². The van der Waals surface area contributed by atoms with E-state index in [1.54, 1.807) is 120 Å². The van der Waals surface area contributed by atoms with Crippen molar-refractivity contribution in [2.24, 2.45) is 5.73 Å². The number of esters is 1. The third-order valence-electron chi connectivity index (χ3n) is 11.0. The van der Waals surface area contributed by atoms with E-state index in [1.807, 2.05) is 53.8 Å². The number of carboxylic acid groups (broad SMARTS) is 2. The fraction of sp³-hybridized carbons (Fsp3) is 0.281. The number of methoxy groups -OCH3 is 4. The highest BCUT2D eigenvalue weighted by Gasteiger charge is 2.23. The molecule has 2 unspecified atom stereocenters. The normalized spacial score (nSPS) is 11.0. The van der Waals surface area contributed by atoms with Gasteiger partial charge in [0.25, 0.3) is 0 Å². The maximum absolute atomic E-state index is 12.0. The molecule has 0 bridgehead atoms. The van der Waals surface area contributed by atoms with Crippen molar-refractivity contribution in [3.05, 3.63) is 167 Å². The first-order valence-corrected chi connectivity index (χ1v) is 22.6. The van der Waals surface area contributed by atoms with Gasteiger partial charge in [-0.3, -0.25) is 24.5 Å². The lowest BCUT2D eigenvalue weighted by molar-refractivity contribution is -0.143. The van der Waals surface area contributed by atoms with Gasteiger partial charge in [-0.15, -0.1) is 0 Å². The highest BCUT2D eigenvalue weighted by Crippen LogP contribution is 2.32. The number of nitrogens with two attached hydrogens (primary N) is 1. The summed E-state index contributed by atoms with van der Waals surface area (Å²) >= 11 is 0. The number of amides is 3. The second-order valence-corrected chi connectivity index (χ2v) is 16.0. The number of urea groups is 1. The van der Waals surface area contributed by atoms with Gasteiger partial charge in [0.1, 0.15) is 46.0 Å². The van der Waals surface area contributed by atoms with E-state index >= 15 is 0 Å². The fourth-order valence-corrected chi connectivity index (χ4v) is 7.33. The zero-order valence-electron chi connectivity index (χ0n) is 40.2. The van der Waals surface area contributed by atoms with Crippen molar-refractivity contribution >= 4 is 29.8 Å². The Kier molecular flexibility index (Phi) is 23.8. The largest absolute Gasteiger partial charge is 0.497 e. The van der Waals surface area contributed by atoms with Crippen LogP contribution >= 0.6 is 0 Å². The molecule has 0 fully saturated rings. The van der Waals surface area contributed by atoms with Crippen LogP contribution in [0.3, 0.4) is 0 Å². The van der Waals surface area contributed by atoms with E-state index in [2.05, 4.69) is 0 Å². The van der Waals surface area contributed by atoms with E-state index in [1.165, 1.54) is 0 Å². The van der Waals surface area contributed by atoms with Crippen LogP contribution < -0.4 is 39.5 Å². The molecule has 6 aromatic rings. The standard InChI is InChI=1S/C28H30O7.C27H28N2O7.2CH4/c1-4-34-27(29)14-7-19-5-10-22(11-6-19)35-23-12-8-21(9-13-23)26(28(30)31)17-20-15-24(32-2)18-25(16-20)33-3;1-34-22-13-18(14-23(16-22)35-2)15-24(26(31)32)19-6-10-21(11-7-19)36-20-8-3-17(4-9-20)5-12-25(30)29-27(28)33;;/h5-6,8-13,15-16,18,26H,4,7,14,17H2,1-3H3,(H,30,31);3-4,6-11,13-14,16,24H,5,12,15H2,1-2H3,(H,31,32)(H3,28,29,30,33);2*1H4. The third-order valence-corrected chi connectivity index (χ3v) is 11.0. The summed E-state index contributed by atoms with van der Waals surface area (Å²) in [5.74, 6) is 0.798. The second-order valence-electron chi connectivity index (χ2n) is 16.0. The number of rotatable bonds is 23. The predicted octanol–water partition coefficient (Wildman–Crippen LogP) is 10.7. The molecule has 73 heavy (non-hydrogen) atoms. The van der Waals surface area contributed by atoms with E-state index in [-0.39, 0.29) is 40.1 Å². The molecule has 0 aliphatic heterocycles. The van der Waals surface area contributed by atoms with Gasteiger partial charge in [-0.25, -0.2) is 4.79 Å². The molecule has 16 nitrogen and oxygen atoms in total. The molecule has 3 amide bonds. The summed E-state index contributed by atoms with van der Waals surface area (Å²) in [5.41, 5.74) is 9.73. The Morgan fingerprint density at radius 3 is 1.11 bits per heavy atom. The molecule has 0 aliphatic carbocycles. The number of carboxylic acids is 2. The van der Waals surface area contributed by atoms with Crippen molar-refractivity contribution in [1.29, 1.82) is 0 Å². The fourth-order valence-electron chi connectivity index (χ4n) is 7.33. The van der Waals surface area contributed by atoms with Crippen LogP contribution in [0.1, 0.15) is 79.8 Å². The van der Waals surface area contributed by atoms with Gasteiger partial charge < -0.3 is 49.1 Å². The first-order valence-electron chi connectivity index (χ1n) is 22.6. The van der Waals surface area contributed by atoms with Gasteiger partial charge in [-0.2, -0.15) is 0 Å². The number of imide groups is 1. The van der Waals surface area contributed by atoms with Crippen LogP contribution in [0.25, 0.3) is 0 Å². The van der Waals surface area contributed by atoms with Crippen LogP contribution in [-0.4, -0.2) is 75.1 Å². The van der Waals surface area contributed by atoms with Crippen molar-refractivity contribution in [1.82, 2.24) is 5.32 Å². The molecule has 0 radical (unpaired) electrons. The molecular weight excluding hydrogens is 937 g/mol. The lowest BCUT2D eigenvalue weighted by Crippen LogP contribution is -2.35. The maximum atomic E-state index is 12.0. The molecule has 2 atom stereocenters. The number of carbonyl (C=O) groups is 5. The SMILES string of the molecule is C.C.CCOC(=O)CCc1ccc(Oc2ccc(C(Cc3cc(OC)cc(OC)c3)C(=O)O)cc2)cc1.COc1cc(CC(C(=O)O)c2ccc(Oc3ccc(CCC(=O)NC(N)=O)cc3)cc2)cc(OC)c1. The van der Waals surface area contributed by atoms with Crippen LogP contribution in [0.5, 0.6) is 46.0 Å². The minimum atomic E-state index is -0.939. The second kappa shape index (κ2) is 29.6. The van der Waals surface area contributed by atoms with Crippen molar-refractivity contribution < 1.29 is 67.3 Å². The van der Waals surface area contributed by atoms with Crippen molar-refractivity contribution in [2.75, 3.05) is 35.0 Å². The highest BCUT2D eigenvalue weighted by molar-refractivity contribution is 5.93. The maximum Gasteiger partial charge on any atom is 0.318 e. The molecule has 6 rings (SSSR count). The Labute approximate surface area is 426 Å². The quantitative estimate of drug-likeness (QED) is 0.0438. The number of primary amides is 1. The number of nitrogens with one attached hydrogen (secondary N) is 1. The predicted molar refractivity (Wildman–Crippen MR) is 278 cm³/mol. The topological polar surface area (TPSA) is 228 Å². The van der Waals surface area contributed by atoms with Gasteiger partial charge in [-0.1, -0.05) is 63.4 Å². The van der Waals surface area contributed by atoms with E-state index < -0.39 is 35.7 Å². The van der Waals surface area contributed by atoms with E-state index in [4.69, 9.17) is 38.9 Å². The highest BCUT2D eigenvalue weighted by atomic mass is 16.5. The third kappa shape index (κ3) is 19.0. The first-order chi connectivity index (χ1) is 34.2. The number of aryl methyl sites for hydroxylation is 2. The smallest absolute Gasteiger partial charge is 0.318 e. The van der Waals surface area contributed by atoms with Gasteiger partial charge >= 0.3 is 23.9 Å². The number of benzene rings is 6. The lowest BCUT2D eigenvalue weighted by atomic mass is 9.92. The number of aliphatic carboxylic acids is 2. The van der Waals surface area contributed by atoms with Crippen molar-refractivity contribution in [2.45, 2.75) is 72.1 Å². The van der Waals surface area contributed by atoms with Gasteiger partial charge in [0, 0.05) is 25.0 Å². The number of ether oxygens (including phenoxy) is 7. The number of hydrogen-bond donors (Lipinski definition) is 4. The summed E-state index contributed by atoms with van der Waals surface area (Å²) in [4.78, 5) is 57.8. The summed E-state index contributed by atoms with van der Waals surface area (Å²) in [7, 11) is 6.21. The summed E-state index contributed by atoms with van der Waals surface area (Å²) in [6.07, 6.45) is 2.08. The van der Waals surface area contributed by atoms with Gasteiger partial charge in [-0.05, 0) is 139 Å². The summed E-state index contributed by atoms with van der Waals surface area (Å²) in [5, 5.41) is 21.7. The first kappa shape index (κ1) is 58.8. The van der Waals surface area contributed by atoms with E-state index in [0.29, 0.717) is 83.0 Å². The Hall–Kier alpha value is -8.53. The number of carbonyl (C=O) groups excluding carboxylic acids is 3. The molecule has 0 saturated heterocycles. The molecule has 0 saturated carbocycles. The average Bonchev–Trinajstić information content (AvgIpc) is 3.37. The molecule has 0 spiro atoms. The van der Waals surface area contributed by atoms with Crippen molar-refractivity contribution in [3.63, 3.8) is 0 Å². The Morgan fingerprint density at radius 2 is 0.808 bits per heavy atom. The zero-order valence-corrected chi connectivity index (χ0v) is 40.2. The van der Waals surface area contributed by atoms with Crippen LogP contribution in [0.15, 0.2) is 133 Å². The van der Waals surface area contributed by atoms with Crippen molar-refractivity contribution in [3.8, 4) is 46.0 Å². The van der Waals surface area contributed by atoms with E-state index in [9.17, 15) is 34.2 Å². The minimum Gasteiger partial charge on any atom is -0.497 e. The molecule has 6 aromatic carbocycles. The van der Waals surface area contributed by atoms with Gasteiger partial charge in [0.05, 0.1) is 46.9 Å². The molecule has 388 valence electrons. The number of hydrogen-bond acceptors (Lipinski definition) is 12. The monoisotopic (exact) mass is 1000 g/mol. The van der Waals surface area contributed by atoms with E-state index in [0.717, 1.165) is 22.3 Å². The molecule has 16 heteroatoms.